The van der Waals surface area contributed by atoms with Crippen molar-refractivity contribution in [2.75, 3.05) is 13.7 Å². The number of aliphatic hydroxyl groups is 1. The van der Waals surface area contributed by atoms with Crippen molar-refractivity contribution >= 4 is 0 Å². The SMILES string of the molecule is COc1ccc(CN(Cc2ccc(F)cc2)CC(O)Cc2ccccc2)cc1. The second-order valence-corrected chi connectivity index (χ2v) is 6.99. The zero-order valence-corrected chi connectivity index (χ0v) is 16.1. The van der Waals surface area contributed by atoms with E-state index in [-0.39, 0.29) is 5.82 Å². The Bertz CT molecular complexity index is 835. The zero-order valence-electron chi connectivity index (χ0n) is 16.1. The van der Waals surface area contributed by atoms with Gasteiger partial charge in [-0.3, -0.25) is 4.90 Å². The van der Waals surface area contributed by atoms with Crippen molar-refractivity contribution in [2.24, 2.45) is 0 Å². The molecule has 0 aromatic heterocycles. The summed E-state index contributed by atoms with van der Waals surface area (Å²) in [7, 11) is 1.65. The molecule has 1 N–H and O–H groups in total. The molecule has 0 saturated heterocycles. The van der Waals surface area contributed by atoms with Gasteiger partial charge < -0.3 is 9.84 Å². The van der Waals surface area contributed by atoms with E-state index < -0.39 is 6.10 Å². The maximum absolute atomic E-state index is 13.2. The van der Waals surface area contributed by atoms with E-state index in [1.807, 2.05) is 54.6 Å². The van der Waals surface area contributed by atoms with E-state index >= 15 is 0 Å². The van der Waals surface area contributed by atoms with Gasteiger partial charge in [0, 0.05) is 19.6 Å². The van der Waals surface area contributed by atoms with E-state index in [4.69, 9.17) is 4.74 Å². The second kappa shape index (κ2) is 10.0. The van der Waals surface area contributed by atoms with Gasteiger partial charge in [-0.15, -0.1) is 0 Å². The van der Waals surface area contributed by atoms with Crippen molar-refractivity contribution < 1.29 is 14.2 Å². The van der Waals surface area contributed by atoms with Crippen molar-refractivity contribution in [2.45, 2.75) is 25.6 Å². The summed E-state index contributed by atoms with van der Waals surface area (Å²) in [6.45, 7) is 1.85. The summed E-state index contributed by atoms with van der Waals surface area (Å²) in [4.78, 5) is 2.18. The summed E-state index contributed by atoms with van der Waals surface area (Å²) in [6, 6.07) is 24.4. The van der Waals surface area contributed by atoms with Gasteiger partial charge in [0.15, 0.2) is 0 Å². The Morgan fingerprint density at radius 3 is 1.96 bits per heavy atom. The molecule has 0 heterocycles. The number of hydrogen-bond donors (Lipinski definition) is 1. The first-order valence-corrected chi connectivity index (χ1v) is 9.44. The summed E-state index contributed by atoms with van der Waals surface area (Å²) < 4.78 is 18.5. The molecular weight excluding hydrogens is 353 g/mol. The molecule has 3 nitrogen and oxygen atoms in total. The minimum absolute atomic E-state index is 0.241. The van der Waals surface area contributed by atoms with Crippen molar-refractivity contribution in [1.82, 2.24) is 4.90 Å². The molecule has 146 valence electrons. The van der Waals surface area contributed by atoms with E-state index in [1.165, 1.54) is 12.1 Å². The van der Waals surface area contributed by atoms with Gasteiger partial charge in [0.25, 0.3) is 0 Å². The van der Waals surface area contributed by atoms with Crippen LogP contribution in [0.4, 0.5) is 4.39 Å². The summed E-state index contributed by atoms with van der Waals surface area (Å²) in [5.41, 5.74) is 3.26. The quantitative estimate of drug-likeness (QED) is 0.597. The lowest BCUT2D eigenvalue weighted by Gasteiger charge is -2.25. The summed E-state index contributed by atoms with van der Waals surface area (Å²) in [5.74, 6) is 0.576. The first-order valence-electron chi connectivity index (χ1n) is 9.44. The molecule has 0 fully saturated rings. The van der Waals surface area contributed by atoms with Crippen LogP contribution in [0, 0.1) is 5.82 Å². The Labute approximate surface area is 166 Å². The predicted molar refractivity (Wildman–Crippen MR) is 110 cm³/mol. The summed E-state index contributed by atoms with van der Waals surface area (Å²) >= 11 is 0. The fourth-order valence-electron chi connectivity index (χ4n) is 3.27. The highest BCUT2D eigenvalue weighted by atomic mass is 19.1. The van der Waals surface area contributed by atoms with Crippen LogP contribution in [-0.2, 0) is 19.5 Å². The lowest BCUT2D eigenvalue weighted by atomic mass is 10.1. The van der Waals surface area contributed by atoms with Crippen molar-refractivity contribution in [3.63, 3.8) is 0 Å². The first-order chi connectivity index (χ1) is 13.6. The Hall–Kier alpha value is -2.69. The molecule has 4 heteroatoms. The first kappa shape index (κ1) is 20.1. The molecular formula is C24H26FNO2. The number of methoxy groups -OCH3 is 1. The molecule has 3 aromatic carbocycles. The molecule has 0 saturated carbocycles. The van der Waals surface area contributed by atoms with Crippen molar-refractivity contribution in [3.05, 3.63) is 101 Å². The zero-order chi connectivity index (χ0) is 19.8. The third-order valence-electron chi connectivity index (χ3n) is 4.67. The molecule has 1 atom stereocenters. The molecule has 3 aromatic rings. The van der Waals surface area contributed by atoms with Crippen LogP contribution in [0.25, 0.3) is 0 Å². The fourth-order valence-corrected chi connectivity index (χ4v) is 3.27. The molecule has 0 aliphatic rings. The topological polar surface area (TPSA) is 32.7 Å². The number of aliphatic hydroxyl groups excluding tert-OH is 1. The molecule has 0 radical (unpaired) electrons. The third-order valence-corrected chi connectivity index (χ3v) is 4.67. The minimum atomic E-state index is -0.485. The molecule has 28 heavy (non-hydrogen) atoms. The Morgan fingerprint density at radius 1 is 0.821 bits per heavy atom. The molecule has 0 amide bonds. The number of hydrogen-bond acceptors (Lipinski definition) is 3. The Balaban J connectivity index is 1.69. The van der Waals surface area contributed by atoms with E-state index in [2.05, 4.69) is 4.90 Å². The van der Waals surface area contributed by atoms with Crippen LogP contribution in [0.15, 0.2) is 78.9 Å². The highest BCUT2D eigenvalue weighted by Crippen LogP contribution is 2.16. The molecule has 0 aliphatic heterocycles. The maximum Gasteiger partial charge on any atom is 0.123 e. The number of rotatable bonds is 9. The van der Waals surface area contributed by atoms with E-state index in [0.29, 0.717) is 26.1 Å². The van der Waals surface area contributed by atoms with E-state index in [1.54, 1.807) is 19.2 Å². The molecule has 0 aliphatic carbocycles. The van der Waals surface area contributed by atoms with Gasteiger partial charge in [0.2, 0.25) is 0 Å². The lowest BCUT2D eigenvalue weighted by molar-refractivity contribution is 0.104. The van der Waals surface area contributed by atoms with Crippen molar-refractivity contribution in [3.8, 4) is 5.75 Å². The normalized spacial score (nSPS) is 12.1. The van der Waals surface area contributed by atoms with Crippen LogP contribution < -0.4 is 4.74 Å². The molecule has 0 bridgehead atoms. The van der Waals surface area contributed by atoms with Crippen LogP contribution in [0.1, 0.15) is 16.7 Å². The van der Waals surface area contributed by atoms with Crippen LogP contribution >= 0.6 is 0 Å². The smallest absolute Gasteiger partial charge is 0.123 e. The Kier molecular flexibility index (Phi) is 7.18. The minimum Gasteiger partial charge on any atom is -0.497 e. The van der Waals surface area contributed by atoms with E-state index in [0.717, 1.165) is 22.4 Å². The fraction of sp³-hybridized carbons (Fsp3) is 0.250. The van der Waals surface area contributed by atoms with Gasteiger partial charge in [-0.1, -0.05) is 54.6 Å². The van der Waals surface area contributed by atoms with Gasteiger partial charge in [-0.05, 0) is 47.4 Å². The van der Waals surface area contributed by atoms with Gasteiger partial charge in [0.1, 0.15) is 11.6 Å². The largest absolute Gasteiger partial charge is 0.497 e. The highest BCUT2D eigenvalue weighted by molar-refractivity contribution is 5.27. The highest BCUT2D eigenvalue weighted by Gasteiger charge is 2.14. The van der Waals surface area contributed by atoms with Crippen molar-refractivity contribution in [1.29, 1.82) is 0 Å². The molecule has 0 spiro atoms. The maximum atomic E-state index is 13.2. The third kappa shape index (κ3) is 6.19. The molecule has 3 rings (SSSR count). The lowest BCUT2D eigenvalue weighted by Crippen LogP contribution is -2.33. The Morgan fingerprint density at radius 2 is 1.39 bits per heavy atom. The molecule has 1 unspecified atom stereocenters. The van der Waals surface area contributed by atoms with Crippen LogP contribution in [0.5, 0.6) is 5.75 Å². The van der Waals surface area contributed by atoms with Crippen LogP contribution in [-0.4, -0.2) is 29.8 Å². The predicted octanol–water partition coefficient (Wildman–Crippen LogP) is 4.44. The number of nitrogens with zero attached hydrogens (tertiary/aromatic N) is 1. The summed E-state index contributed by atoms with van der Waals surface area (Å²) in [5, 5.41) is 10.6. The standard InChI is InChI=1S/C24H26FNO2/c1-28-24-13-9-21(10-14-24)17-26(16-20-7-11-22(25)12-8-20)18-23(27)15-19-5-3-2-4-6-19/h2-14,23,27H,15-18H2,1H3. The number of halogens is 1. The van der Waals surface area contributed by atoms with Gasteiger partial charge in [-0.25, -0.2) is 4.39 Å². The van der Waals surface area contributed by atoms with Gasteiger partial charge in [-0.2, -0.15) is 0 Å². The summed E-state index contributed by atoms with van der Waals surface area (Å²) in [6.07, 6.45) is 0.115. The second-order valence-electron chi connectivity index (χ2n) is 6.99. The average molecular weight is 379 g/mol. The van der Waals surface area contributed by atoms with Gasteiger partial charge in [0.05, 0.1) is 13.2 Å². The van der Waals surface area contributed by atoms with Gasteiger partial charge >= 0.3 is 0 Å². The number of benzene rings is 3. The van der Waals surface area contributed by atoms with Crippen LogP contribution in [0.3, 0.4) is 0 Å². The average Bonchev–Trinajstić information content (AvgIpc) is 2.71. The van der Waals surface area contributed by atoms with Crippen LogP contribution in [0.2, 0.25) is 0 Å². The monoisotopic (exact) mass is 379 g/mol. The number of ether oxygens (including phenoxy) is 1. The van der Waals surface area contributed by atoms with E-state index in [9.17, 15) is 9.50 Å².